The van der Waals surface area contributed by atoms with Crippen molar-refractivity contribution in [2.75, 3.05) is 13.1 Å². The van der Waals surface area contributed by atoms with E-state index < -0.39 is 0 Å². The van der Waals surface area contributed by atoms with Gasteiger partial charge >= 0.3 is 6.03 Å². The molecule has 0 fully saturated rings. The largest absolute Gasteiger partial charge is 0.338 e. The van der Waals surface area contributed by atoms with Gasteiger partial charge in [0.15, 0.2) is 0 Å². The molecule has 0 rings (SSSR count). The number of hydrogen-bond acceptors (Lipinski definition) is 1. The molecular weight excluding hydrogens is 176 g/mol. The SMILES string of the molecule is [CH2]CCCCNC(=O)NCCCCC. The van der Waals surface area contributed by atoms with Gasteiger partial charge in [0.1, 0.15) is 0 Å². The minimum absolute atomic E-state index is 0.0369. The van der Waals surface area contributed by atoms with Crippen LogP contribution in [0.5, 0.6) is 0 Å². The Kier molecular flexibility index (Phi) is 9.81. The molecule has 0 saturated heterocycles. The monoisotopic (exact) mass is 199 g/mol. The van der Waals surface area contributed by atoms with Crippen LogP contribution in [0.3, 0.4) is 0 Å². The van der Waals surface area contributed by atoms with Crippen molar-refractivity contribution in [1.29, 1.82) is 0 Å². The van der Waals surface area contributed by atoms with Crippen LogP contribution >= 0.6 is 0 Å². The Balaban J connectivity index is 3.11. The van der Waals surface area contributed by atoms with Crippen LogP contribution in [0, 0.1) is 6.92 Å². The number of hydrogen-bond donors (Lipinski definition) is 2. The molecule has 0 aromatic rings. The van der Waals surface area contributed by atoms with Gasteiger partial charge < -0.3 is 10.6 Å². The fourth-order valence-corrected chi connectivity index (χ4v) is 1.14. The first-order chi connectivity index (χ1) is 6.81. The molecule has 2 amide bonds. The number of carbonyl (C=O) groups is 1. The number of carbonyl (C=O) groups excluding carboxylic acids is 1. The molecule has 0 unspecified atom stereocenters. The van der Waals surface area contributed by atoms with E-state index in [4.69, 9.17) is 0 Å². The third-order valence-corrected chi connectivity index (χ3v) is 2.03. The van der Waals surface area contributed by atoms with Crippen LogP contribution in [0.15, 0.2) is 0 Å². The molecule has 0 aromatic carbocycles. The molecule has 0 bridgehead atoms. The maximum atomic E-state index is 11.1. The minimum Gasteiger partial charge on any atom is -0.338 e. The molecular formula is C11H23N2O. The third kappa shape index (κ3) is 9.36. The lowest BCUT2D eigenvalue weighted by Crippen LogP contribution is -2.36. The van der Waals surface area contributed by atoms with Crippen LogP contribution in [0.1, 0.15) is 45.4 Å². The van der Waals surface area contributed by atoms with Crippen molar-refractivity contribution in [1.82, 2.24) is 10.6 Å². The molecule has 14 heavy (non-hydrogen) atoms. The molecule has 0 saturated carbocycles. The number of urea groups is 1. The van der Waals surface area contributed by atoms with Gasteiger partial charge in [0, 0.05) is 13.1 Å². The normalized spacial score (nSPS) is 9.86. The lowest BCUT2D eigenvalue weighted by Gasteiger charge is -2.06. The summed E-state index contributed by atoms with van der Waals surface area (Å²) in [6, 6.07) is -0.0369. The van der Waals surface area contributed by atoms with Gasteiger partial charge in [0.05, 0.1) is 0 Å². The van der Waals surface area contributed by atoms with E-state index in [2.05, 4.69) is 24.5 Å². The predicted molar refractivity (Wildman–Crippen MR) is 60.1 cm³/mol. The zero-order chi connectivity index (χ0) is 10.6. The first-order valence-electron chi connectivity index (χ1n) is 5.62. The highest BCUT2D eigenvalue weighted by Crippen LogP contribution is 1.92. The van der Waals surface area contributed by atoms with E-state index in [0.29, 0.717) is 0 Å². The van der Waals surface area contributed by atoms with Crippen LogP contribution in [-0.4, -0.2) is 19.1 Å². The van der Waals surface area contributed by atoms with Crippen LogP contribution in [0.2, 0.25) is 0 Å². The second-order valence-corrected chi connectivity index (χ2v) is 3.45. The topological polar surface area (TPSA) is 41.1 Å². The lowest BCUT2D eigenvalue weighted by molar-refractivity contribution is 0.240. The maximum Gasteiger partial charge on any atom is 0.314 e. The number of rotatable bonds is 8. The van der Waals surface area contributed by atoms with E-state index in [1.54, 1.807) is 0 Å². The zero-order valence-corrected chi connectivity index (χ0v) is 9.27. The second kappa shape index (κ2) is 10.4. The Morgan fingerprint density at radius 3 is 2.14 bits per heavy atom. The zero-order valence-electron chi connectivity index (χ0n) is 9.27. The second-order valence-electron chi connectivity index (χ2n) is 3.45. The van der Waals surface area contributed by atoms with E-state index in [9.17, 15) is 4.79 Å². The summed E-state index contributed by atoms with van der Waals surface area (Å²) in [6.07, 6.45) is 6.49. The molecule has 0 aromatic heterocycles. The Labute approximate surface area is 87.6 Å². The molecule has 2 N–H and O–H groups in total. The highest BCUT2D eigenvalue weighted by Gasteiger charge is 1.96. The molecule has 0 atom stereocenters. The van der Waals surface area contributed by atoms with Gasteiger partial charge in [-0.2, -0.15) is 0 Å². The molecule has 0 heterocycles. The quantitative estimate of drug-likeness (QED) is 0.579. The lowest BCUT2D eigenvalue weighted by atomic mass is 10.2. The van der Waals surface area contributed by atoms with Gasteiger partial charge in [-0.1, -0.05) is 39.5 Å². The third-order valence-electron chi connectivity index (χ3n) is 2.03. The summed E-state index contributed by atoms with van der Waals surface area (Å²) in [7, 11) is 0. The Morgan fingerprint density at radius 2 is 1.64 bits per heavy atom. The molecule has 0 spiro atoms. The summed E-state index contributed by atoms with van der Waals surface area (Å²) in [4.78, 5) is 11.1. The van der Waals surface area contributed by atoms with Crippen molar-refractivity contribution in [2.45, 2.75) is 45.4 Å². The molecule has 0 aliphatic heterocycles. The minimum atomic E-state index is -0.0369. The number of amides is 2. The summed E-state index contributed by atoms with van der Waals surface area (Å²) in [6.45, 7) is 7.44. The highest BCUT2D eigenvalue weighted by molar-refractivity contribution is 5.73. The number of unbranched alkanes of at least 4 members (excludes halogenated alkanes) is 4. The van der Waals surface area contributed by atoms with E-state index >= 15 is 0 Å². The van der Waals surface area contributed by atoms with Crippen LogP contribution in [0.25, 0.3) is 0 Å². The van der Waals surface area contributed by atoms with Crippen molar-refractivity contribution >= 4 is 6.03 Å². The summed E-state index contributed by atoms with van der Waals surface area (Å²) in [5, 5.41) is 5.65. The molecule has 0 aliphatic carbocycles. The predicted octanol–water partition coefficient (Wildman–Crippen LogP) is 2.48. The Bertz CT molecular complexity index is 123. The smallest absolute Gasteiger partial charge is 0.314 e. The molecule has 1 radical (unpaired) electrons. The molecule has 83 valence electrons. The average Bonchev–Trinajstić information content (AvgIpc) is 2.19. The fraction of sp³-hybridized carbons (Fsp3) is 0.818. The summed E-state index contributed by atoms with van der Waals surface area (Å²) < 4.78 is 0. The van der Waals surface area contributed by atoms with E-state index in [1.807, 2.05) is 0 Å². The number of nitrogens with one attached hydrogen (secondary N) is 2. The summed E-state index contributed by atoms with van der Waals surface area (Å²) >= 11 is 0. The van der Waals surface area contributed by atoms with E-state index in [-0.39, 0.29) is 6.03 Å². The summed E-state index contributed by atoms with van der Waals surface area (Å²) in [5.41, 5.74) is 0. The van der Waals surface area contributed by atoms with Gasteiger partial charge in [0.25, 0.3) is 0 Å². The van der Waals surface area contributed by atoms with Crippen molar-refractivity contribution in [2.24, 2.45) is 0 Å². The fourth-order valence-electron chi connectivity index (χ4n) is 1.14. The first kappa shape index (κ1) is 13.3. The van der Waals surface area contributed by atoms with E-state index in [0.717, 1.165) is 38.8 Å². The summed E-state index contributed by atoms with van der Waals surface area (Å²) in [5.74, 6) is 0. The van der Waals surface area contributed by atoms with Crippen LogP contribution in [0.4, 0.5) is 4.79 Å². The van der Waals surface area contributed by atoms with Crippen molar-refractivity contribution < 1.29 is 4.79 Å². The van der Waals surface area contributed by atoms with E-state index in [1.165, 1.54) is 12.8 Å². The van der Waals surface area contributed by atoms with Crippen LogP contribution < -0.4 is 10.6 Å². The first-order valence-corrected chi connectivity index (χ1v) is 5.62. The maximum absolute atomic E-state index is 11.1. The van der Waals surface area contributed by atoms with Crippen molar-refractivity contribution in [3.05, 3.63) is 6.92 Å². The average molecular weight is 199 g/mol. The van der Waals surface area contributed by atoms with Gasteiger partial charge in [-0.15, -0.1) is 0 Å². The van der Waals surface area contributed by atoms with Gasteiger partial charge in [-0.05, 0) is 12.8 Å². The van der Waals surface area contributed by atoms with Crippen molar-refractivity contribution in [3.63, 3.8) is 0 Å². The Hall–Kier alpha value is -0.730. The highest BCUT2D eigenvalue weighted by atomic mass is 16.2. The molecule has 3 heteroatoms. The van der Waals surface area contributed by atoms with Gasteiger partial charge in [-0.25, -0.2) is 4.79 Å². The Morgan fingerprint density at radius 1 is 1.07 bits per heavy atom. The molecule has 3 nitrogen and oxygen atoms in total. The van der Waals surface area contributed by atoms with Gasteiger partial charge in [0.2, 0.25) is 0 Å². The molecule has 0 aliphatic rings. The standard InChI is InChI=1S/C11H23N2O/c1-3-5-7-9-12-11(14)13-10-8-6-4-2/h1,3-10H2,2H3,(H2,12,13,14). The van der Waals surface area contributed by atoms with Crippen molar-refractivity contribution in [3.8, 4) is 0 Å². The van der Waals surface area contributed by atoms with Gasteiger partial charge in [-0.3, -0.25) is 0 Å². The van der Waals surface area contributed by atoms with Crippen LogP contribution in [-0.2, 0) is 0 Å².